The Bertz CT molecular complexity index is 1770. The molecule has 0 aliphatic carbocycles. The van der Waals surface area contributed by atoms with Gasteiger partial charge in [-0.25, -0.2) is 4.79 Å². The molecule has 0 bridgehead atoms. The number of halogens is 1. The number of pyridine rings is 1. The lowest BCUT2D eigenvalue weighted by Crippen LogP contribution is -2.34. The minimum Gasteiger partial charge on any atom is -0.495 e. The Morgan fingerprint density at radius 3 is 2.23 bits per heavy atom. The number of nitro benzene ring substituents is 1. The number of ether oxygens (including phenoxy) is 2. The van der Waals surface area contributed by atoms with E-state index in [-0.39, 0.29) is 29.2 Å². The number of amides is 1. The number of Topliss-reactive ketones (excluding diaryl/α,β-unsaturated/α-hetero) is 1. The van der Waals surface area contributed by atoms with Gasteiger partial charge in [0.25, 0.3) is 11.2 Å². The Morgan fingerprint density at radius 2 is 1.65 bits per heavy atom. The lowest BCUT2D eigenvalue weighted by Gasteiger charge is -2.22. The van der Waals surface area contributed by atoms with Crippen LogP contribution >= 0.6 is 11.6 Å². The van der Waals surface area contributed by atoms with Crippen LogP contribution in [0.15, 0.2) is 83.8 Å². The number of nitrogens with zero attached hydrogens (tertiary/aromatic N) is 2. The van der Waals surface area contributed by atoms with Gasteiger partial charge in [0.05, 0.1) is 30.9 Å². The summed E-state index contributed by atoms with van der Waals surface area (Å²) in [6.07, 6.45) is 1.36. The Kier molecular flexibility index (Phi) is 9.36. The second-order valence-corrected chi connectivity index (χ2v) is 9.89. The van der Waals surface area contributed by atoms with Crippen molar-refractivity contribution in [2.75, 3.05) is 19.5 Å². The molecule has 0 saturated heterocycles. The summed E-state index contributed by atoms with van der Waals surface area (Å²) in [5.41, 5.74) is 1.52. The lowest BCUT2D eigenvalue weighted by molar-refractivity contribution is -0.384. The largest absolute Gasteiger partial charge is 0.495 e. The quantitative estimate of drug-likeness (QED) is 0.108. The Hall–Kier alpha value is -5.29. The summed E-state index contributed by atoms with van der Waals surface area (Å²) in [4.78, 5) is 62.0. The third-order valence-electron chi connectivity index (χ3n) is 6.70. The van der Waals surface area contributed by atoms with Crippen molar-refractivity contribution in [3.8, 4) is 16.9 Å². The summed E-state index contributed by atoms with van der Waals surface area (Å²) in [6.45, 7) is 1.39. The van der Waals surface area contributed by atoms with Crippen LogP contribution in [0.25, 0.3) is 11.1 Å². The number of carbonyl (C=O) groups excluding carboxylic acids is 3. The first-order chi connectivity index (χ1) is 20.5. The predicted octanol–water partition coefficient (Wildman–Crippen LogP) is 5.50. The molecule has 1 aromatic heterocycles. The van der Waals surface area contributed by atoms with Gasteiger partial charge in [-0.05, 0) is 60.5 Å². The van der Waals surface area contributed by atoms with E-state index in [1.807, 2.05) is 0 Å². The highest BCUT2D eigenvalue weighted by Gasteiger charge is 2.25. The summed E-state index contributed by atoms with van der Waals surface area (Å²) >= 11 is 6.21. The van der Waals surface area contributed by atoms with Crippen LogP contribution in [0, 0.1) is 10.1 Å². The molecule has 3 aromatic carbocycles. The molecule has 4 rings (SSSR count). The van der Waals surface area contributed by atoms with Crippen molar-refractivity contribution in [2.24, 2.45) is 0 Å². The minimum absolute atomic E-state index is 0.0116. The molecule has 4 aromatic rings. The first-order valence-corrected chi connectivity index (χ1v) is 13.2. The lowest BCUT2D eigenvalue weighted by atomic mass is 9.97. The van der Waals surface area contributed by atoms with Crippen molar-refractivity contribution in [1.82, 2.24) is 4.57 Å². The van der Waals surface area contributed by atoms with E-state index in [0.29, 0.717) is 33.0 Å². The second kappa shape index (κ2) is 13.1. The minimum atomic E-state index is -1.14. The number of aromatic nitrogens is 1. The predicted molar refractivity (Wildman–Crippen MR) is 160 cm³/mol. The van der Waals surface area contributed by atoms with E-state index in [0.717, 1.165) is 0 Å². The summed E-state index contributed by atoms with van der Waals surface area (Å²) in [5.74, 6) is -1.16. The molecular weight excluding hydrogens is 578 g/mol. The molecule has 1 atom stereocenters. The van der Waals surface area contributed by atoms with Gasteiger partial charge in [-0.15, -0.1) is 0 Å². The van der Waals surface area contributed by atoms with Gasteiger partial charge in [0.2, 0.25) is 5.91 Å². The number of rotatable bonds is 10. The van der Waals surface area contributed by atoms with Gasteiger partial charge < -0.3 is 14.8 Å². The third-order valence-corrected chi connectivity index (χ3v) is 6.94. The fourth-order valence-corrected chi connectivity index (χ4v) is 4.69. The second-order valence-electron chi connectivity index (χ2n) is 9.45. The standard InChI is InChI=1S/C31H26ClN3O8/c1-18(36)24-13-8-21(32)15-25(24)26-16-29(37)34(17-28(26)42-2)27(14-19-4-11-23(12-5-19)35(40)41)30(38)33-22-9-6-20(7-10-22)31(39)43-3/h4-13,15-17,27H,14H2,1-3H3,(H,33,38). The van der Waals surface area contributed by atoms with E-state index in [1.165, 1.54) is 86.5 Å². The summed E-state index contributed by atoms with van der Waals surface area (Å²) in [7, 11) is 2.64. The molecule has 0 aliphatic rings. The van der Waals surface area contributed by atoms with E-state index in [1.54, 1.807) is 18.2 Å². The molecular formula is C31H26ClN3O8. The Labute approximate surface area is 250 Å². The molecule has 43 heavy (non-hydrogen) atoms. The van der Waals surface area contributed by atoms with Crippen molar-refractivity contribution in [2.45, 2.75) is 19.4 Å². The van der Waals surface area contributed by atoms with Gasteiger partial charge in [-0.3, -0.25) is 29.1 Å². The number of hydrogen-bond acceptors (Lipinski definition) is 8. The summed E-state index contributed by atoms with van der Waals surface area (Å²) < 4.78 is 11.5. The van der Waals surface area contributed by atoms with Crippen LogP contribution in [0.3, 0.4) is 0 Å². The molecule has 1 amide bonds. The van der Waals surface area contributed by atoms with Crippen LogP contribution in [0.5, 0.6) is 5.75 Å². The molecule has 0 radical (unpaired) electrons. The number of ketones is 1. The average molecular weight is 604 g/mol. The number of non-ortho nitro benzene ring substituents is 1. The van der Waals surface area contributed by atoms with Crippen LogP contribution in [-0.2, 0) is 16.0 Å². The van der Waals surface area contributed by atoms with E-state index in [4.69, 9.17) is 21.1 Å². The number of nitro groups is 1. The normalized spacial score (nSPS) is 11.3. The van der Waals surface area contributed by atoms with Crippen LogP contribution in [0.1, 0.15) is 39.2 Å². The average Bonchev–Trinajstić information content (AvgIpc) is 2.99. The van der Waals surface area contributed by atoms with E-state index in [2.05, 4.69) is 5.32 Å². The first-order valence-electron chi connectivity index (χ1n) is 12.9. The van der Waals surface area contributed by atoms with Crippen LogP contribution in [0.4, 0.5) is 11.4 Å². The number of benzene rings is 3. The zero-order valence-electron chi connectivity index (χ0n) is 23.3. The molecule has 220 valence electrons. The monoisotopic (exact) mass is 603 g/mol. The zero-order chi connectivity index (χ0) is 31.3. The number of esters is 1. The van der Waals surface area contributed by atoms with Crippen LogP contribution < -0.4 is 15.6 Å². The van der Waals surface area contributed by atoms with Crippen LogP contribution in [-0.4, -0.2) is 41.4 Å². The smallest absolute Gasteiger partial charge is 0.337 e. The summed E-state index contributed by atoms with van der Waals surface area (Å²) in [6, 6.07) is 16.4. The number of anilines is 1. The Morgan fingerprint density at radius 1 is 0.977 bits per heavy atom. The van der Waals surface area contributed by atoms with Crippen LogP contribution in [0.2, 0.25) is 5.02 Å². The van der Waals surface area contributed by atoms with Crippen molar-refractivity contribution in [1.29, 1.82) is 0 Å². The molecule has 12 heteroatoms. The molecule has 0 aliphatic heterocycles. The maximum absolute atomic E-state index is 13.7. The maximum Gasteiger partial charge on any atom is 0.337 e. The van der Waals surface area contributed by atoms with Crippen molar-refractivity contribution in [3.63, 3.8) is 0 Å². The molecule has 0 spiro atoms. The fraction of sp³-hybridized carbons (Fsp3) is 0.161. The molecule has 0 fully saturated rings. The third kappa shape index (κ3) is 6.96. The van der Waals surface area contributed by atoms with E-state index < -0.39 is 28.4 Å². The van der Waals surface area contributed by atoms with Crippen molar-refractivity contribution < 1.29 is 28.8 Å². The van der Waals surface area contributed by atoms with Gasteiger partial charge in [-0.2, -0.15) is 0 Å². The first kappa shape index (κ1) is 30.7. The molecule has 0 saturated carbocycles. The van der Waals surface area contributed by atoms with Gasteiger partial charge in [0, 0.05) is 46.5 Å². The van der Waals surface area contributed by atoms with E-state index >= 15 is 0 Å². The van der Waals surface area contributed by atoms with Crippen molar-refractivity contribution >= 4 is 40.6 Å². The zero-order valence-corrected chi connectivity index (χ0v) is 24.1. The van der Waals surface area contributed by atoms with Gasteiger partial charge in [0.15, 0.2) is 5.78 Å². The number of hydrogen-bond donors (Lipinski definition) is 1. The summed E-state index contributed by atoms with van der Waals surface area (Å²) in [5, 5.41) is 14.2. The van der Waals surface area contributed by atoms with Gasteiger partial charge in [-0.1, -0.05) is 23.7 Å². The molecule has 1 heterocycles. The van der Waals surface area contributed by atoms with Crippen molar-refractivity contribution in [3.05, 3.63) is 121 Å². The highest BCUT2D eigenvalue weighted by Crippen LogP contribution is 2.34. The van der Waals surface area contributed by atoms with E-state index in [9.17, 15) is 29.3 Å². The molecule has 11 nitrogen and oxygen atoms in total. The highest BCUT2D eigenvalue weighted by atomic mass is 35.5. The SMILES string of the molecule is COC(=O)c1ccc(NC(=O)C(Cc2ccc([N+](=O)[O-])cc2)n2cc(OC)c(-c3cc(Cl)ccc3C(C)=O)cc2=O)cc1. The molecule has 1 N–H and O–H groups in total. The number of carbonyl (C=O) groups is 3. The van der Waals surface area contributed by atoms with Gasteiger partial charge >= 0.3 is 5.97 Å². The molecule has 1 unspecified atom stereocenters. The highest BCUT2D eigenvalue weighted by molar-refractivity contribution is 6.31. The Balaban J connectivity index is 1.79. The number of methoxy groups -OCH3 is 2. The fourth-order valence-electron chi connectivity index (χ4n) is 4.52. The maximum atomic E-state index is 13.7. The van der Waals surface area contributed by atoms with Gasteiger partial charge in [0.1, 0.15) is 11.8 Å². The topological polar surface area (TPSA) is 147 Å². The number of nitrogens with one attached hydrogen (secondary N) is 1.